The third kappa shape index (κ3) is 5.10. The minimum Gasteiger partial charge on any atom is -0.489 e. The number of rotatable bonds is 7. The van der Waals surface area contributed by atoms with E-state index in [1.54, 1.807) is 29.2 Å². The first-order chi connectivity index (χ1) is 19.0. The van der Waals surface area contributed by atoms with Gasteiger partial charge in [0, 0.05) is 6.54 Å². The quantitative estimate of drug-likeness (QED) is 0.375. The van der Waals surface area contributed by atoms with Gasteiger partial charge in [0.2, 0.25) is 0 Å². The lowest BCUT2D eigenvalue weighted by atomic mass is 9.94. The Labute approximate surface area is 227 Å². The van der Waals surface area contributed by atoms with Crippen molar-refractivity contribution in [2.45, 2.75) is 50.4 Å². The van der Waals surface area contributed by atoms with Gasteiger partial charge in [-0.05, 0) is 54.5 Å². The number of aryl methyl sites for hydroxylation is 1. The molecule has 1 unspecified atom stereocenters. The van der Waals surface area contributed by atoms with Gasteiger partial charge < -0.3 is 19.7 Å². The van der Waals surface area contributed by atoms with Crippen LogP contribution in [-0.4, -0.2) is 32.4 Å². The van der Waals surface area contributed by atoms with Crippen LogP contribution in [0.15, 0.2) is 89.7 Å². The highest BCUT2D eigenvalue weighted by Crippen LogP contribution is 2.51. The predicted molar refractivity (Wildman–Crippen MR) is 147 cm³/mol. The summed E-state index contributed by atoms with van der Waals surface area (Å²) in [6.45, 7) is 0.950. The molecule has 39 heavy (non-hydrogen) atoms. The van der Waals surface area contributed by atoms with E-state index in [-0.39, 0.29) is 17.5 Å². The number of carbonyl (C=O) groups is 1. The van der Waals surface area contributed by atoms with Gasteiger partial charge in [0.15, 0.2) is 6.10 Å². The van der Waals surface area contributed by atoms with Crippen LogP contribution in [0.4, 0.5) is 0 Å². The van der Waals surface area contributed by atoms with Gasteiger partial charge in [-0.3, -0.25) is 9.59 Å². The summed E-state index contributed by atoms with van der Waals surface area (Å²) in [5.74, 6) is 0.851. The number of fused-ring (bicyclic) bond motifs is 1. The lowest BCUT2D eigenvalue weighted by Crippen LogP contribution is -2.36. The number of benzene rings is 3. The number of aliphatic hydroxyl groups is 1. The van der Waals surface area contributed by atoms with Gasteiger partial charge in [0.05, 0.1) is 23.2 Å². The Morgan fingerprint density at radius 3 is 2.51 bits per heavy atom. The van der Waals surface area contributed by atoms with E-state index in [4.69, 9.17) is 9.72 Å². The van der Waals surface area contributed by atoms with Crippen molar-refractivity contribution in [3.8, 4) is 5.75 Å². The van der Waals surface area contributed by atoms with Crippen molar-refractivity contribution in [3.05, 3.63) is 129 Å². The summed E-state index contributed by atoms with van der Waals surface area (Å²) in [6, 6.07) is 27.0. The summed E-state index contributed by atoms with van der Waals surface area (Å²) >= 11 is 0. The van der Waals surface area contributed by atoms with E-state index in [1.165, 1.54) is 0 Å². The molecule has 1 atom stereocenters. The third-order valence-electron chi connectivity index (χ3n) is 7.79. The van der Waals surface area contributed by atoms with Gasteiger partial charge in [-0.1, -0.05) is 72.8 Å². The fourth-order valence-electron chi connectivity index (χ4n) is 5.41. The summed E-state index contributed by atoms with van der Waals surface area (Å²) in [5.41, 5.74) is 3.45. The van der Waals surface area contributed by atoms with Crippen LogP contribution >= 0.6 is 0 Å². The molecule has 1 fully saturated rings. The van der Waals surface area contributed by atoms with Crippen LogP contribution in [0.25, 0.3) is 0 Å². The fraction of sp³-hybridized carbons (Fsp3) is 0.281. The first-order valence-electron chi connectivity index (χ1n) is 13.5. The molecule has 1 amide bonds. The number of aromatic amines is 1. The second kappa shape index (κ2) is 10.5. The van der Waals surface area contributed by atoms with Crippen LogP contribution in [-0.2, 0) is 29.8 Å². The van der Waals surface area contributed by atoms with Gasteiger partial charge in [0.25, 0.3) is 11.5 Å². The highest BCUT2D eigenvalue weighted by atomic mass is 16.5. The van der Waals surface area contributed by atoms with Gasteiger partial charge in [-0.15, -0.1) is 0 Å². The van der Waals surface area contributed by atoms with Crippen LogP contribution in [0.1, 0.15) is 59.1 Å². The maximum Gasteiger partial charge on any atom is 0.256 e. The van der Waals surface area contributed by atoms with Gasteiger partial charge >= 0.3 is 0 Å². The molecule has 0 radical (unpaired) electrons. The monoisotopic (exact) mass is 521 g/mol. The number of H-pyrrole nitrogens is 1. The molecule has 2 heterocycles. The second-order valence-electron chi connectivity index (χ2n) is 10.4. The largest absolute Gasteiger partial charge is 0.489 e. The molecule has 7 heteroatoms. The molecule has 0 spiro atoms. The molecule has 0 saturated heterocycles. The fourth-order valence-corrected chi connectivity index (χ4v) is 5.41. The van der Waals surface area contributed by atoms with Crippen LogP contribution in [0.2, 0.25) is 0 Å². The highest BCUT2D eigenvalue weighted by Gasteiger charge is 2.48. The van der Waals surface area contributed by atoms with Crippen molar-refractivity contribution in [2.75, 3.05) is 6.54 Å². The predicted octanol–water partition coefficient (Wildman–Crippen LogP) is 4.44. The molecule has 1 saturated carbocycles. The van der Waals surface area contributed by atoms with Gasteiger partial charge in [-0.25, -0.2) is 4.98 Å². The normalized spacial score (nSPS) is 16.6. The molecular formula is C32H31N3O4. The molecule has 2 N–H and O–H groups in total. The van der Waals surface area contributed by atoms with E-state index in [0.29, 0.717) is 48.7 Å². The summed E-state index contributed by atoms with van der Waals surface area (Å²) in [7, 11) is 0. The molecule has 6 rings (SSSR count). The number of hydrogen-bond donors (Lipinski definition) is 2. The first kappa shape index (κ1) is 25.1. The number of amides is 1. The molecule has 1 aromatic heterocycles. The van der Waals surface area contributed by atoms with Crippen LogP contribution in [0.5, 0.6) is 5.75 Å². The number of aliphatic hydroxyl groups excluding tert-OH is 1. The molecular weight excluding hydrogens is 490 g/mol. The summed E-state index contributed by atoms with van der Waals surface area (Å²) in [6.07, 6.45) is 1.82. The molecule has 7 nitrogen and oxygen atoms in total. The topological polar surface area (TPSA) is 95.5 Å². The molecule has 1 aliphatic heterocycles. The number of nitrogens with one attached hydrogen (secondary N) is 1. The average Bonchev–Trinajstić information content (AvgIpc) is 3.81. The number of ether oxygens (including phenoxy) is 1. The summed E-state index contributed by atoms with van der Waals surface area (Å²) in [4.78, 5) is 36.2. The van der Waals surface area contributed by atoms with Gasteiger partial charge in [0.1, 0.15) is 18.2 Å². The van der Waals surface area contributed by atoms with E-state index in [0.717, 1.165) is 29.7 Å². The second-order valence-corrected chi connectivity index (χ2v) is 10.4. The Morgan fingerprint density at radius 1 is 1.03 bits per heavy atom. The van der Waals surface area contributed by atoms with Crippen LogP contribution in [0.3, 0.4) is 0 Å². The van der Waals surface area contributed by atoms with Crippen molar-refractivity contribution < 1.29 is 14.6 Å². The van der Waals surface area contributed by atoms with E-state index >= 15 is 0 Å². The minimum absolute atomic E-state index is 0.121. The maximum absolute atomic E-state index is 13.4. The number of nitrogens with zero attached hydrogens (tertiary/aromatic N) is 2. The zero-order valence-electron chi connectivity index (χ0n) is 21.7. The Kier molecular flexibility index (Phi) is 6.75. The third-order valence-corrected chi connectivity index (χ3v) is 7.79. The zero-order chi connectivity index (χ0) is 26.8. The number of hydrogen-bond acceptors (Lipinski definition) is 5. The molecule has 198 valence electrons. The van der Waals surface area contributed by atoms with Crippen molar-refractivity contribution >= 4 is 5.91 Å². The van der Waals surface area contributed by atoms with Crippen molar-refractivity contribution in [2.24, 2.45) is 0 Å². The van der Waals surface area contributed by atoms with E-state index in [1.807, 2.05) is 48.5 Å². The minimum atomic E-state index is -1.36. The number of aromatic nitrogens is 2. The molecule has 2 aliphatic rings. The van der Waals surface area contributed by atoms with Crippen LogP contribution in [0, 0.1) is 0 Å². The highest BCUT2D eigenvalue weighted by molar-refractivity contribution is 5.82. The molecule has 3 aromatic carbocycles. The Balaban J connectivity index is 1.19. The van der Waals surface area contributed by atoms with Crippen LogP contribution < -0.4 is 10.3 Å². The molecule has 0 bridgehead atoms. The lowest BCUT2D eigenvalue weighted by Gasteiger charge is -2.24. The van der Waals surface area contributed by atoms with E-state index < -0.39 is 12.0 Å². The lowest BCUT2D eigenvalue weighted by molar-refractivity contribution is -0.141. The Bertz CT molecular complexity index is 1530. The number of carbonyl (C=O) groups excluding carboxylic acids is 1. The van der Waals surface area contributed by atoms with Crippen molar-refractivity contribution in [1.29, 1.82) is 0 Å². The molecule has 1 aliphatic carbocycles. The van der Waals surface area contributed by atoms with Gasteiger partial charge in [-0.2, -0.15) is 0 Å². The first-order valence-corrected chi connectivity index (χ1v) is 13.5. The standard InChI is InChI=1S/C32H31N3O4/c36-28(23-11-7-14-25(19-23)39-21-22-9-3-1-4-10-22)30(38)35-18-8-15-27-26(20-35)29(37)34-31(33-27)32(16-17-32)24-12-5-2-6-13-24/h1-7,9-14,19,28,36H,8,15-18,20-21H2,(H,33,34,37). The summed E-state index contributed by atoms with van der Waals surface area (Å²) in [5, 5.41) is 11.0. The Hall–Kier alpha value is -4.23. The molecule has 4 aromatic rings. The zero-order valence-corrected chi connectivity index (χ0v) is 21.7. The Morgan fingerprint density at radius 2 is 1.77 bits per heavy atom. The van der Waals surface area contributed by atoms with E-state index in [2.05, 4.69) is 17.1 Å². The smallest absolute Gasteiger partial charge is 0.256 e. The average molecular weight is 522 g/mol. The van der Waals surface area contributed by atoms with Crippen molar-refractivity contribution in [3.63, 3.8) is 0 Å². The van der Waals surface area contributed by atoms with E-state index in [9.17, 15) is 14.7 Å². The summed E-state index contributed by atoms with van der Waals surface area (Å²) < 4.78 is 5.88. The van der Waals surface area contributed by atoms with Crippen molar-refractivity contribution in [1.82, 2.24) is 14.9 Å². The maximum atomic E-state index is 13.4. The SMILES string of the molecule is O=C(C(O)c1cccc(OCc2ccccc2)c1)N1CCCc2nc(C3(c4ccccc4)CC3)[nH]c(=O)c2C1.